The molecule has 0 aliphatic heterocycles. The Hall–Kier alpha value is -1.88. The van der Waals surface area contributed by atoms with Crippen molar-refractivity contribution in [3.05, 3.63) is 41.5 Å². The normalized spacial score (nSPS) is 12.8. The third kappa shape index (κ3) is 3.79. The summed E-state index contributed by atoms with van der Waals surface area (Å²) >= 11 is 0. The van der Waals surface area contributed by atoms with Crippen molar-refractivity contribution in [1.29, 1.82) is 0 Å². The van der Waals surface area contributed by atoms with Gasteiger partial charge >= 0.3 is 0 Å². The Kier molecular flexibility index (Phi) is 4.16. The minimum Gasteiger partial charge on any atom is -0.508 e. The minimum atomic E-state index is -0.207. The molecule has 0 bridgehead atoms. The molecule has 0 radical (unpaired) electrons. The lowest BCUT2D eigenvalue weighted by molar-refractivity contribution is 0.333. The molecule has 1 aromatic carbocycles. The van der Waals surface area contributed by atoms with Crippen molar-refractivity contribution in [1.82, 2.24) is 10.1 Å². The van der Waals surface area contributed by atoms with Gasteiger partial charge in [-0.3, -0.25) is 0 Å². The maximum absolute atomic E-state index is 9.22. The van der Waals surface area contributed by atoms with E-state index >= 15 is 0 Å². The van der Waals surface area contributed by atoms with E-state index in [9.17, 15) is 5.11 Å². The lowest BCUT2D eigenvalue weighted by Gasteiger charge is -2.08. The van der Waals surface area contributed by atoms with Gasteiger partial charge in [-0.15, -0.1) is 0 Å². The Morgan fingerprint density at radius 3 is 2.58 bits per heavy atom. The lowest BCUT2D eigenvalue weighted by atomic mass is 10.0. The van der Waals surface area contributed by atoms with Crippen LogP contribution in [0.5, 0.6) is 5.75 Å². The number of benzene rings is 1. The number of aromatic hydroxyl groups is 1. The summed E-state index contributed by atoms with van der Waals surface area (Å²) in [5.74, 6) is 1.83. The van der Waals surface area contributed by atoms with E-state index in [1.807, 2.05) is 12.1 Å². The van der Waals surface area contributed by atoms with Gasteiger partial charge in [0, 0.05) is 6.42 Å². The third-order valence-electron chi connectivity index (χ3n) is 2.82. The Balaban J connectivity index is 2.02. The molecular weight excluding hydrogens is 242 g/mol. The van der Waals surface area contributed by atoms with Crippen LogP contribution in [0.15, 0.2) is 28.8 Å². The summed E-state index contributed by atoms with van der Waals surface area (Å²) in [4.78, 5) is 4.32. The van der Waals surface area contributed by atoms with Crippen molar-refractivity contribution < 1.29 is 9.63 Å². The molecule has 102 valence electrons. The SMILES string of the molecule is CC(C)C[C@H](N)c1nc(Cc2ccc(O)cc2)no1. The van der Waals surface area contributed by atoms with Gasteiger partial charge in [0.05, 0.1) is 6.04 Å². The molecular formula is C14H19N3O2. The van der Waals surface area contributed by atoms with Crippen molar-refractivity contribution >= 4 is 0 Å². The topological polar surface area (TPSA) is 85.2 Å². The van der Waals surface area contributed by atoms with E-state index in [2.05, 4.69) is 24.0 Å². The predicted octanol–water partition coefficient (Wildman–Crippen LogP) is 2.41. The van der Waals surface area contributed by atoms with Crippen LogP contribution in [0.25, 0.3) is 0 Å². The highest BCUT2D eigenvalue weighted by Gasteiger charge is 2.16. The second kappa shape index (κ2) is 5.84. The maximum Gasteiger partial charge on any atom is 0.243 e. The highest BCUT2D eigenvalue weighted by Crippen LogP contribution is 2.18. The Morgan fingerprint density at radius 2 is 1.95 bits per heavy atom. The summed E-state index contributed by atoms with van der Waals surface area (Å²) in [5, 5.41) is 13.2. The number of hydrogen-bond acceptors (Lipinski definition) is 5. The average Bonchev–Trinajstić information content (AvgIpc) is 2.80. The second-order valence-electron chi connectivity index (χ2n) is 5.13. The zero-order valence-electron chi connectivity index (χ0n) is 11.2. The lowest BCUT2D eigenvalue weighted by Crippen LogP contribution is -2.13. The van der Waals surface area contributed by atoms with E-state index < -0.39 is 0 Å². The van der Waals surface area contributed by atoms with E-state index in [1.165, 1.54) is 0 Å². The number of phenolic OH excluding ortho intramolecular Hbond substituents is 1. The van der Waals surface area contributed by atoms with Crippen LogP contribution >= 0.6 is 0 Å². The molecule has 2 aromatic rings. The quantitative estimate of drug-likeness (QED) is 0.863. The molecule has 0 saturated carbocycles. The van der Waals surface area contributed by atoms with Gasteiger partial charge < -0.3 is 15.4 Å². The Bertz CT molecular complexity index is 520. The standard InChI is InChI=1S/C14H19N3O2/c1-9(2)7-12(15)14-16-13(17-19-14)8-10-3-5-11(18)6-4-10/h3-6,9,12,18H,7-8,15H2,1-2H3/t12-/m0/s1. The zero-order chi connectivity index (χ0) is 13.8. The van der Waals surface area contributed by atoms with Gasteiger partial charge in [-0.1, -0.05) is 31.1 Å². The summed E-state index contributed by atoms with van der Waals surface area (Å²) in [5.41, 5.74) is 7.01. The fraction of sp³-hybridized carbons (Fsp3) is 0.429. The van der Waals surface area contributed by atoms with Gasteiger partial charge in [0.2, 0.25) is 5.89 Å². The molecule has 1 heterocycles. The van der Waals surface area contributed by atoms with Crippen LogP contribution in [0.1, 0.15) is 43.6 Å². The number of aromatic nitrogens is 2. The summed E-state index contributed by atoms with van der Waals surface area (Å²) in [6.45, 7) is 4.21. The van der Waals surface area contributed by atoms with E-state index in [-0.39, 0.29) is 11.8 Å². The fourth-order valence-electron chi connectivity index (χ4n) is 1.89. The molecule has 0 spiro atoms. The third-order valence-corrected chi connectivity index (χ3v) is 2.82. The molecule has 0 aliphatic rings. The van der Waals surface area contributed by atoms with Crippen LogP contribution in [-0.4, -0.2) is 15.2 Å². The van der Waals surface area contributed by atoms with E-state index in [1.54, 1.807) is 12.1 Å². The highest BCUT2D eigenvalue weighted by molar-refractivity contribution is 5.27. The van der Waals surface area contributed by atoms with Crippen LogP contribution in [0.4, 0.5) is 0 Å². The first-order valence-electron chi connectivity index (χ1n) is 6.40. The number of nitrogens with zero attached hydrogens (tertiary/aromatic N) is 2. The fourth-order valence-corrected chi connectivity index (χ4v) is 1.89. The Morgan fingerprint density at radius 1 is 1.26 bits per heavy atom. The van der Waals surface area contributed by atoms with Gasteiger partial charge in [-0.2, -0.15) is 4.98 Å². The van der Waals surface area contributed by atoms with Gasteiger partial charge in [0.1, 0.15) is 5.75 Å². The molecule has 0 aliphatic carbocycles. The van der Waals surface area contributed by atoms with Crippen LogP contribution in [0.2, 0.25) is 0 Å². The van der Waals surface area contributed by atoms with Gasteiger partial charge in [-0.05, 0) is 30.0 Å². The largest absolute Gasteiger partial charge is 0.508 e. The molecule has 1 atom stereocenters. The highest BCUT2D eigenvalue weighted by atomic mass is 16.5. The number of hydrogen-bond donors (Lipinski definition) is 2. The van der Waals surface area contributed by atoms with Crippen molar-refractivity contribution in [2.45, 2.75) is 32.7 Å². The first-order chi connectivity index (χ1) is 9.04. The van der Waals surface area contributed by atoms with Crippen LogP contribution < -0.4 is 5.73 Å². The first-order valence-corrected chi connectivity index (χ1v) is 6.40. The predicted molar refractivity (Wildman–Crippen MR) is 71.6 cm³/mol. The second-order valence-corrected chi connectivity index (χ2v) is 5.13. The summed E-state index contributed by atoms with van der Waals surface area (Å²) in [7, 11) is 0. The van der Waals surface area contributed by atoms with Crippen LogP contribution in [0, 0.1) is 5.92 Å². The Labute approximate surface area is 112 Å². The molecule has 0 amide bonds. The molecule has 2 rings (SSSR count). The van der Waals surface area contributed by atoms with Crippen LogP contribution in [0.3, 0.4) is 0 Å². The average molecular weight is 261 g/mol. The molecule has 0 unspecified atom stereocenters. The molecule has 0 saturated heterocycles. The first kappa shape index (κ1) is 13.5. The molecule has 3 N–H and O–H groups in total. The monoisotopic (exact) mass is 261 g/mol. The van der Waals surface area contributed by atoms with Crippen molar-refractivity contribution in [2.24, 2.45) is 11.7 Å². The van der Waals surface area contributed by atoms with E-state index in [0.29, 0.717) is 24.1 Å². The van der Waals surface area contributed by atoms with Gasteiger partial charge in [0.25, 0.3) is 0 Å². The van der Waals surface area contributed by atoms with E-state index in [0.717, 1.165) is 12.0 Å². The van der Waals surface area contributed by atoms with Gasteiger partial charge in [0.15, 0.2) is 5.82 Å². The molecule has 5 nitrogen and oxygen atoms in total. The number of phenols is 1. The number of nitrogens with two attached hydrogens (primary N) is 1. The molecule has 5 heteroatoms. The minimum absolute atomic E-state index is 0.207. The van der Waals surface area contributed by atoms with Crippen molar-refractivity contribution in [3.8, 4) is 5.75 Å². The van der Waals surface area contributed by atoms with Crippen LogP contribution in [-0.2, 0) is 6.42 Å². The molecule has 19 heavy (non-hydrogen) atoms. The molecule has 0 fully saturated rings. The van der Waals surface area contributed by atoms with Crippen molar-refractivity contribution in [2.75, 3.05) is 0 Å². The smallest absolute Gasteiger partial charge is 0.243 e. The summed E-state index contributed by atoms with van der Waals surface area (Å²) in [6.07, 6.45) is 1.39. The number of rotatable bonds is 5. The summed E-state index contributed by atoms with van der Waals surface area (Å²) in [6, 6.07) is 6.74. The maximum atomic E-state index is 9.22. The van der Waals surface area contributed by atoms with E-state index in [4.69, 9.17) is 10.3 Å². The molecule has 1 aromatic heterocycles. The van der Waals surface area contributed by atoms with Crippen molar-refractivity contribution in [3.63, 3.8) is 0 Å². The van der Waals surface area contributed by atoms with Gasteiger partial charge in [-0.25, -0.2) is 0 Å². The zero-order valence-corrected chi connectivity index (χ0v) is 11.2. The summed E-state index contributed by atoms with van der Waals surface area (Å²) < 4.78 is 5.19.